The van der Waals surface area contributed by atoms with Crippen LogP contribution in [0.2, 0.25) is 0 Å². The van der Waals surface area contributed by atoms with Crippen LogP contribution in [-0.4, -0.2) is 51.7 Å². The normalized spacial score (nSPS) is 20.2. The zero-order chi connectivity index (χ0) is 15.7. The van der Waals surface area contributed by atoms with Gasteiger partial charge in [-0.2, -0.15) is 0 Å². The predicted molar refractivity (Wildman–Crippen MR) is 84.5 cm³/mol. The lowest BCUT2D eigenvalue weighted by atomic mass is 9.93. The predicted octanol–water partition coefficient (Wildman–Crippen LogP) is 2.09. The highest BCUT2D eigenvalue weighted by Crippen LogP contribution is 2.29. The van der Waals surface area contributed by atoms with Gasteiger partial charge in [0.05, 0.1) is 17.7 Å². The standard InChI is InChI=1S/C16H18N2O3S/c1-2-13(11-6-4-3-5-7-11)15(20)17-8-12(9-17)18-14(19)10-22-16(18)21/h3-7,12-13H,2,8-10H2,1H3/t13-/m0/s1. The third-order valence-electron chi connectivity index (χ3n) is 4.23. The number of likely N-dealkylation sites (tertiary alicyclic amines) is 1. The number of carbonyl (C=O) groups excluding carboxylic acids is 3. The first-order chi connectivity index (χ1) is 10.6. The van der Waals surface area contributed by atoms with Gasteiger partial charge in [0.25, 0.3) is 5.24 Å². The van der Waals surface area contributed by atoms with E-state index in [0.29, 0.717) is 13.1 Å². The number of hydrogen-bond donors (Lipinski definition) is 0. The van der Waals surface area contributed by atoms with Crippen LogP contribution >= 0.6 is 11.8 Å². The van der Waals surface area contributed by atoms with E-state index in [9.17, 15) is 14.4 Å². The second kappa shape index (κ2) is 6.12. The Morgan fingerprint density at radius 2 is 1.95 bits per heavy atom. The molecule has 0 aliphatic carbocycles. The van der Waals surface area contributed by atoms with Crippen molar-refractivity contribution >= 4 is 28.8 Å². The summed E-state index contributed by atoms with van der Waals surface area (Å²) in [7, 11) is 0. The molecule has 0 unspecified atom stereocenters. The maximum atomic E-state index is 12.6. The van der Waals surface area contributed by atoms with Crippen LogP contribution in [0, 0.1) is 0 Å². The Morgan fingerprint density at radius 1 is 1.27 bits per heavy atom. The third kappa shape index (κ3) is 2.63. The summed E-state index contributed by atoms with van der Waals surface area (Å²) in [4.78, 5) is 39.0. The summed E-state index contributed by atoms with van der Waals surface area (Å²) in [5.41, 5.74) is 1.02. The largest absolute Gasteiger partial charge is 0.338 e. The minimum absolute atomic E-state index is 0.0803. The van der Waals surface area contributed by atoms with Crippen LogP contribution in [0.5, 0.6) is 0 Å². The lowest BCUT2D eigenvalue weighted by Gasteiger charge is -2.44. The van der Waals surface area contributed by atoms with Gasteiger partial charge in [0.15, 0.2) is 0 Å². The van der Waals surface area contributed by atoms with Crippen molar-refractivity contribution in [2.75, 3.05) is 18.8 Å². The first-order valence-electron chi connectivity index (χ1n) is 7.44. The topological polar surface area (TPSA) is 57.7 Å². The molecule has 0 N–H and O–H groups in total. The number of amides is 3. The van der Waals surface area contributed by atoms with Gasteiger partial charge in [0, 0.05) is 13.1 Å². The van der Waals surface area contributed by atoms with Crippen LogP contribution < -0.4 is 0 Å². The lowest BCUT2D eigenvalue weighted by molar-refractivity contribution is -0.143. The maximum Gasteiger partial charge on any atom is 0.289 e. The van der Waals surface area contributed by atoms with Crippen molar-refractivity contribution in [2.45, 2.75) is 25.3 Å². The average molecular weight is 318 g/mol. The van der Waals surface area contributed by atoms with E-state index in [1.165, 1.54) is 4.90 Å². The monoisotopic (exact) mass is 318 g/mol. The third-order valence-corrected chi connectivity index (χ3v) is 5.07. The minimum Gasteiger partial charge on any atom is -0.338 e. The highest BCUT2D eigenvalue weighted by Gasteiger charge is 2.44. The first kappa shape index (κ1) is 15.1. The number of nitrogens with zero attached hydrogens (tertiary/aromatic N) is 2. The molecule has 0 radical (unpaired) electrons. The van der Waals surface area contributed by atoms with Crippen molar-refractivity contribution < 1.29 is 14.4 Å². The molecule has 22 heavy (non-hydrogen) atoms. The fraction of sp³-hybridized carbons (Fsp3) is 0.438. The van der Waals surface area contributed by atoms with E-state index in [1.807, 2.05) is 37.3 Å². The molecule has 1 atom stereocenters. The molecule has 0 spiro atoms. The van der Waals surface area contributed by atoms with E-state index in [-0.39, 0.29) is 34.8 Å². The summed E-state index contributed by atoms with van der Waals surface area (Å²) in [6.07, 6.45) is 0.738. The van der Waals surface area contributed by atoms with Gasteiger partial charge in [-0.25, -0.2) is 0 Å². The zero-order valence-electron chi connectivity index (χ0n) is 12.4. The zero-order valence-corrected chi connectivity index (χ0v) is 13.2. The Labute approximate surface area is 133 Å². The van der Waals surface area contributed by atoms with E-state index in [4.69, 9.17) is 0 Å². The van der Waals surface area contributed by atoms with E-state index < -0.39 is 0 Å². The van der Waals surface area contributed by atoms with Gasteiger partial charge in [-0.05, 0) is 12.0 Å². The van der Waals surface area contributed by atoms with Gasteiger partial charge in [-0.3, -0.25) is 19.3 Å². The highest BCUT2D eigenvalue weighted by molar-refractivity contribution is 8.14. The van der Waals surface area contributed by atoms with Crippen molar-refractivity contribution in [3.63, 3.8) is 0 Å². The summed E-state index contributed by atoms with van der Waals surface area (Å²) in [6.45, 7) is 2.91. The fourth-order valence-corrected chi connectivity index (χ4v) is 3.75. The van der Waals surface area contributed by atoms with Gasteiger partial charge in [-0.1, -0.05) is 49.0 Å². The number of hydrogen-bond acceptors (Lipinski definition) is 4. The van der Waals surface area contributed by atoms with Gasteiger partial charge in [0.1, 0.15) is 0 Å². The minimum atomic E-state index is -0.183. The molecule has 116 valence electrons. The maximum absolute atomic E-state index is 12.6. The molecule has 2 saturated heterocycles. The van der Waals surface area contributed by atoms with Gasteiger partial charge in [0.2, 0.25) is 11.8 Å². The number of thioether (sulfide) groups is 1. The van der Waals surface area contributed by atoms with Crippen molar-refractivity contribution in [2.24, 2.45) is 0 Å². The summed E-state index contributed by atoms with van der Waals surface area (Å²) >= 11 is 1.04. The van der Waals surface area contributed by atoms with Crippen LogP contribution in [0.4, 0.5) is 4.79 Å². The lowest BCUT2D eigenvalue weighted by Crippen LogP contribution is -2.62. The van der Waals surface area contributed by atoms with Gasteiger partial charge >= 0.3 is 0 Å². The second-order valence-corrected chi connectivity index (χ2v) is 6.51. The SMILES string of the molecule is CC[C@H](C(=O)N1CC(N2C(=O)CSC2=O)C1)c1ccccc1. The Morgan fingerprint density at radius 3 is 2.50 bits per heavy atom. The molecule has 0 bridgehead atoms. The molecule has 3 amide bonds. The molecule has 3 rings (SSSR count). The first-order valence-corrected chi connectivity index (χ1v) is 8.43. The Balaban J connectivity index is 1.63. The molecular weight excluding hydrogens is 300 g/mol. The number of benzene rings is 1. The quantitative estimate of drug-likeness (QED) is 0.853. The van der Waals surface area contributed by atoms with Crippen LogP contribution in [0.25, 0.3) is 0 Å². The molecule has 6 heteroatoms. The van der Waals surface area contributed by atoms with Crippen molar-refractivity contribution in [3.8, 4) is 0 Å². The molecule has 2 aliphatic heterocycles. The van der Waals surface area contributed by atoms with Crippen LogP contribution in [-0.2, 0) is 9.59 Å². The molecule has 0 saturated carbocycles. The van der Waals surface area contributed by atoms with Gasteiger partial charge in [-0.15, -0.1) is 0 Å². The molecule has 1 aromatic carbocycles. The average Bonchev–Trinajstić information content (AvgIpc) is 2.80. The van der Waals surface area contributed by atoms with Crippen molar-refractivity contribution in [3.05, 3.63) is 35.9 Å². The molecule has 5 nitrogen and oxygen atoms in total. The fourth-order valence-electron chi connectivity index (χ4n) is 2.97. The summed E-state index contributed by atoms with van der Waals surface area (Å²) in [6, 6.07) is 9.59. The molecule has 2 fully saturated rings. The van der Waals surface area contributed by atoms with Crippen molar-refractivity contribution in [1.29, 1.82) is 0 Å². The number of carbonyl (C=O) groups is 3. The van der Waals surface area contributed by atoms with Crippen LogP contribution in [0.15, 0.2) is 30.3 Å². The second-order valence-electron chi connectivity index (χ2n) is 5.59. The Kier molecular flexibility index (Phi) is 4.20. The van der Waals surface area contributed by atoms with Crippen LogP contribution in [0.3, 0.4) is 0 Å². The highest BCUT2D eigenvalue weighted by atomic mass is 32.2. The van der Waals surface area contributed by atoms with Gasteiger partial charge < -0.3 is 4.90 Å². The summed E-state index contributed by atoms with van der Waals surface area (Å²) < 4.78 is 0. The van der Waals surface area contributed by atoms with E-state index >= 15 is 0 Å². The molecule has 2 heterocycles. The van der Waals surface area contributed by atoms with E-state index in [1.54, 1.807) is 4.90 Å². The molecule has 2 aliphatic rings. The smallest absolute Gasteiger partial charge is 0.289 e. The van der Waals surface area contributed by atoms with E-state index in [0.717, 1.165) is 23.7 Å². The number of imide groups is 1. The summed E-state index contributed by atoms with van der Waals surface area (Å²) in [5.74, 6) is 0.0191. The van der Waals surface area contributed by atoms with E-state index in [2.05, 4.69) is 0 Å². The molecular formula is C16H18N2O3S. The Bertz CT molecular complexity index is 583. The Hall–Kier alpha value is -1.82. The number of rotatable bonds is 4. The van der Waals surface area contributed by atoms with Crippen molar-refractivity contribution in [1.82, 2.24) is 9.80 Å². The molecule has 1 aromatic rings. The van der Waals surface area contributed by atoms with Crippen LogP contribution in [0.1, 0.15) is 24.8 Å². The summed E-state index contributed by atoms with van der Waals surface area (Å²) in [5, 5.41) is -0.183. The molecule has 0 aromatic heterocycles.